The number of nitrogens with zero attached hydrogens (tertiary/aromatic N) is 3. The maximum Gasteiger partial charge on any atom is 0.303 e. The van der Waals surface area contributed by atoms with E-state index in [1.54, 1.807) is 12.1 Å². The van der Waals surface area contributed by atoms with Gasteiger partial charge in [0.25, 0.3) is 0 Å². The number of carbonyl (C=O) groups excluding carboxylic acids is 1. The van der Waals surface area contributed by atoms with Gasteiger partial charge in [-0.3, -0.25) is 9.59 Å². The predicted octanol–water partition coefficient (Wildman–Crippen LogP) is 3.95. The number of hydrogen-bond donors (Lipinski definition) is 1. The first-order valence-corrected chi connectivity index (χ1v) is 9.37. The van der Waals surface area contributed by atoms with Crippen molar-refractivity contribution in [1.82, 2.24) is 5.01 Å². The Kier molecular flexibility index (Phi) is 5.99. The number of carboxylic acids is 1. The van der Waals surface area contributed by atoms with E-state index in [-0.39, 0.29) is 24.8 Å². The van der Waals surface area contributed by atoms with Gasteiger partial charge in [0, 0.05) is 37.6 Å². The Labute approximate surface area is 169 Å². The molecule has 1 amide bonds. The van der Waals surface area contributed by atoms with Crippen LogP contribution in [0.25, 0.3) is 0 Å². The Bertz CT molecular complexity index is 909. The number of hydrazone groups is 1. The molecule has 2 aromatic carbocycles. The summed E-state index contributed by atoms with van der Waals surface area (Å²) >= 11 is 5.98. The highest BCUT2D eigenvalue weighted by Crippen LogP contribution is 2.35. The number of carbonyl (C=O) groups is 2. The predicted molar refractivity (Wildman–Crippen MR) is 110 cm³/mol. The van der Waals surface area contributed by atoms with E-state index in [1.165, 1.54) is 5.01 Å². The summed E-state index contributed by atoms with van der Waals surface area (Å²) in [5.74, 6) is -1.30. The van der Waals surface area contributed by atoms with Gasteiger partial charge in [0.2, 0.25) is 5.91 Å². The first kappa shape index (κ1) is 19.9. The number of benzene rings is 2. The zero-order valence-corrected chi connectivity index (χ0v) is 16.6. The molecular formula is C21H22ClN3O3. The molecule has 0 bridgehead atoms. The van der Waals surface area contributed by atoms with Crippen LogP contribution in [0.5, 0.6) is 0 Å². The highest BCUT2D eigenvalue weighted by atomic mass is 35.5. The molecule has 0 aliphatic carbocycles. The Hall–Kier alpha value is -2.86. The van der Waals surface area contributed by atoms with E-state index in [1.807, 2.05) is 55.4 Å². The van der Waals surface area contributed by atoms with Gasteiger partial charge in [-0.05, 0) is 35.4 Å². The molecule has 1 N–H and O–H groups in total. The third-order valence-electron chi connectivity index (χ3n) is 4.67. The summed E-state index contributed by atoms with van der Waals surface area (Å²) in [6, 6.07) is 15.0. The molecule has 0 fully saturated rings. The van der Waals surface area contributed by atoms with Gasteiger partial charge in [0.15, 0.2) is 0 Å². The van der Waals surface area contributed by atoms with Gasteiger partial charge in [0.05, 0.1) is 18.2 Å². The van der Waals surface area contributed by atoms with Crippen LogP contribution < -0.4 is 4.90 Å². The van der Waals surface area contributed by atoms with Crippen LogP contribution in [-0.4, -0.2) is 41.8 Å². The Morgan fingerprint density at radius 3 is 2.54 bits per heavy atom. The molecule has 0 aromatic heterocycles. The van der Waals surface area contributed by atoms with Crippen molar-refractivity contribution >= 4 is 34.9 Å². The summed E-state index contributed by atoms with van der Waals surface area (Å²) in [5.41, 5.74) is 3.66. The van der Waals surface area contributed by atoms with Crippen molar-refractivity contribution in [2.45, 2.75) is 25.3 Å². The molecule has 6 nitrogen and oxygen atoms in total. The monoisotopic (exact) mass is 399 g/mol. The molecule has 28 heavy (non-hydrogen) atoms. The number of rotatable bonds is 6. The van der Waals surface area contributed by atoms with E-state index in [2.05, 4.69) is 5.10 Å². The van der Waals surface area contributed by atoms with Crippen molar-refractivity contribution < 1.29 is 14.7 Å². The number of halogens is 1. The highest BCUT2D eigenvalue weighted by molar-refractivity contribution is 6.30. The normalized spacial score (nSPS) is 16.0. The molecule has 1 heterocycles. The Morgan fingerprint density at radius 2 is 1.89 bits per heavy atom. The van der Waals surface area contributed by atoms with Gasteiger partial charge in [-0.15, -0.1) is 0 Å². The van der Waals surface area contributed by atoms with E-state index in [0.29, 0.717) is 11.4 Å². The van der Waals surface area contributed by atoms with E-state index in [0.717, 1.165) is 22.5 Å². The van der Waals surface area contributed by atoms with Crippen LogP contribution >= 0.6 is 11.6 Å². The lowest BCUT2D eigenvalue weighted by Crippen LogP contribution is -2.27. The average molecular weight is 400 g/mol. The van der Waals surface area contributed by atoms with Gasteiger partial charge in [-0.2, -0.15) is 5.10 Å². The van der Waals surface area contributed by atoms with Crippen molar-refractivity contribution in [3.05, 3.63) is 64.7 Å². The maximum atomic E-state index is 12.7. The van der Waals surface area contributed by atoms with Gasteiger partial charge < -0.3 is 10.0 Å². The van der Waals surface area contributed by atoms with Gasteiger partial charge in [-0.1, -0.05) is 35.9 Å². The fourth-order valence-electron chi connectivity index (χ4n) is 3.16. The van der Waals surface area contributed by atoms with E-state index < -0.39 is 5.97 Å². The fraction of sp³-hybridized carbons (Fsp3) is 0.286. The second-order valence-corrected chi connectivity index (χ2v) is 7.33. The average Bonchev–Trinajstić information content (AvgIpc) is 3.12. The molecule has 1 aliphatic heterocycles. The van der Waals surface area contributed by atoms with Crippen LogP contribution in [0, 0.1) is 0 Å². The third-order valence-corrected chi connectivity index (χ3v) is 4.92. The summed E-state index contributed by atoms with van der Waals surface area (Å²) in [7, 11) is 3.92. The number of anilines is 1. The second-order valence-electron chi connectivity index (χ2n) is 6.89. The lowest BCUT2D eigenvalue weighted by atomic mass is 9.97. The van der Waals surface area contributed by atoms with Crippen LogP contribution in [-0.2, 0) is 9.59 Å². The molecule has 0 spiro atoms. The van der Waals surface area contributed by atoms with Gasteiger partial charge in [0.1, 0.15) is 0 Å². The van der Waals surface area contributed by atoms with Crippen molar-refractivity contribution in [1.29, 1.82) is 0 Å². The number of hydrogen-bond acceptors (Lipinski definition) is 4. The Morgan fingerprint density at radius 1 is 1.18 bits per heavy atom. The van der Waals surface area contributed by atoms with Gasteiger partial charge in [-0.25, -0.2) is 5.01 Å². The van der Waals surface area contributed by atoms with Crippen molar-refractivity contribution in [3.8, 4) is 0 Å². The standard InChI is InChI=1S/C21H22ClN3O3/c1-24(2)17-5-3-4-15(12-17)19-13-18(14-6-8-16(22)9-7-14)23-25(19)20(26)10-11-21(27)28/h3-9,12,19H,10-11,13H2,1-2H3,(H,27,28). The van der Waals surface area contributed by atoms with Crippen LogP contribution in [0.3, 0.4) is 0 Å². The third kappa shape index (κ3) is 4.51. The highest BCUT2D eigenvalue weighted by Gasteiger charge is 2.33. The van der Waals surface area contributed by atoms with Crippen LogP contribution in [0.2, 0.25) is 5.02 Å². The minimum absolute atomic E-state index is 0.0867. The summed E-state index contributed by atoms with van der Waals surface area (Å²) in [6.07, 6.45) is 0.250. The largest absolute Gasteiger partial charge is 0.481 e. The lowest BCUT2D eigenvalue weighted by Gasteiger charge is -2.23. The van der Waals surface area contributed by atoms with E-state index in [9.17, 15) is 9.59 Å². The minimum atomic E-state index is -0.999. The number of amides is 1. The molecule has 1 aliphatic rings. The first-order valence-electron chi connectivity index (χ1n) is 8.99. The zero-order valence-electron chi connectivity index (χ0n) is 15.8. The Balaban J connectivity index is 1.93. The molecule has 146 valence electrons. The number of aliphatic carboxylic acids is 1. The lowest BCUT2D eigenvalue weighted by molar-refractivity contribution is -0.141. The molecule has 0 saturated carbocycles. The summed E-state index contributed by atoms with van der Waals surface area (Å²) in [4.78, 5) is 25.6. The molecule has 7 heteroatoms. The van der Waals surface area contributed by atoms with Crippen molar-refractivity contribution in [3.63, 3.8) is 0 Å². The smallest absolute Gasteiger partial charge is 0.303 e. The van der Waals surface area contributed by atoms with Crippen LogP contribution in [0.15, 0.2) is 53.6 Å². The van der Waals surface area contributed by atoms with Gasteiger partial charge >= 0.3 is 5.97 Å². The SMILES string of the molecule is CN(C)c1cccc(C2CC(c3ccc(Cl)cc3)=NN2C(=O)CCC(=O)O)c1. The molecule has 0 radical (unpaired) electrons. The first-order chi connectivity index (χ1) is 13.3. The molecule has 2 aromatic rings. The minimum Gasteiger partial charge on any atom is -0.481 e. The maximum absolute atomic E-state index is 12.7. The molecule has 3 rings (SSSR count). The zero-order chi connectivity index (χ0) is 20.3. The van der Waals surface area contributed by atoms with E-state index >= 15 is 0 Å². The van der Waals surface area contributed by atoms with Crippen LogP contribution in [0.1, 0.15) is 36.4 Å². The van der Waals surface area contributed by atoms with E-state index in [4.69, 9.17) is 16.7 Å². The molecule has 0 saturated heterocycles. The summed E-state index contributed by atoms with van der Waals surface area (Å²) in [5, 5.41) is 15.5. The second kappa shape index (κ2) is 8.44. The summed E-state index contributed by atoms with van der Waals surface area (Å²) < 4.78 is 0. The van der Waals surface area contributed by atoms with Crippen LogP contribution in [0.4, 0.5) is 5.69 Å². The fourth-order valence-corrected chi connectivity index (χ4v) is 3.28. The van der Waals surface area contributed by atoms with Crippen molar-refractivity contribution in [2.75, 3.05) is 19.0 Å². The topological polar surface area (TPSA) is 73.2 Å². The number of carboxylic acid groups (broad SMARTS) is 1. The quantitative estimate of drug-likeness (QED) is 0.798. The summed E-state index contributed by atoms with van der Waals surface area (Å²) in [6.45, 7) is 0. The molecule has 1 atom stereocenters. The molecule has 1 unspecified atom stereocenters. The van der Waals surface area contributed by atoms with Crippen molar-refractivity contribution in [2.24, 2.45) is 5.10 Å². The molecular weight excluding hydrogens is 378 g/mol.